The second-order valence-electron chi connectivity index (χ2n) is 4.04. The molecular formula is C13H13Cl2NS. The van der Waals surface area contributed by atoms with Crippen LogP contribution in [0.2, 0.25) is 5.02 Å². The predicted octanol–water partition coefficient (Wildman–Crippen LogP) is 4.94. The van der Waals surface area contributed by atoms with Crippen molar-refractivity contribution in [2.45, 2.75) is 25.6 Å². The van der Waals surface area contributed by atoms with Gasteiger partial charge >= 0.3 is 0 Å². The maximum Gasteiger partial charge on any atom is 0.0749 e. The number of alkyl halides is 1. The molecule has 0 aliphatic carbocycles. The Morgan fingerprint density at radius 2 is 2.12 bits per heavy atom. The summed E-state index contributed by atoms with van der Waals surface area (Å²) in [6, 6.07) is 3.98. The van der Waals surface area contributed by atoms with Crippen molar-refractivity contribution in [2.75, 3.05) is 0 Å². The number of nitrogens with zero attached hydrogens (tertiary/aromatic N) is 1. The fraction of sp³-hybridized carbons (Fsp3) is 0.308. The Labute approximate surface area is 115 Å². The summed E-state index contributed by atoms with van der Waals surface area (Å²) < 4.78 is 0. The summed E-state index contributed by atoms with van der Waals surface area (Å²) in [4.78, 5) is 5.40. The molecule has 0 spiro atoms. The summed E-state index contributed by atoms with van der Waals surface area (Å²) in [7, 11) is 0. The van der Waals surface area contributed by atoms with E-state index in [2.05, 4.69) is 4.98 Å². The van der Waals surface area contributed by atoms with Crippen LogP contribution < -0.4 is 0 Å². The van der Waals surface area contributed by atoms with Gasteiger partial charge in [-0.1, -0.05) is 17.7 Å². The number of hydrogen-bond donors (Lipinski definition) is 0. The van der Waals surface area contributed by atoms with Gasteiger partial charge in [-0.25, -0.2) is 0 Å². The Balaban J connectivity index is 2.20. The summed E-state index contributed by atoms with van der Waals surface area (Å²) >= 11 is 14.3. The van der Waals surface area contributed by atoms with Crippen molar-refractivity contribution >= 4 is 34.5 Å². The fourth-order valence-corrected chi connectivity index (χ4v) is 3.42. The van der Waals surface area contributed by atoms with Crippen LogP contribution in [-0.2, 0) is 6.42 Å². The van der Waals surface area contributed by atoms with E-state index in [-0.39, 0.29) is 5.38 Å². The van der Waals surface area contributed by atoms with Gasteiger partial charge in [-0.15, -0.1) is 22.9 Å². The lowest BCUT2D eigenvalue weighted by molar-refractivity contribution is 0.883. The maximum absolute atomic E-state index is 6.42. The molecule has 0 aliphatic heterocycles. The van der Waals surface area contributed by atoms with Gasteiger partial charge in [0.25, 0.3) is 0 Å². The average molecular weight is 286 g/mol. The van der Waals surface area contributed by atoms with Gasteiger partial charge in [0.05, 0.1) is 10.4 Å². The highest BCUT2D eigenvalue weighted by molar-refractivity contribution is 7.11. The third-order valence-electron chi connectivity index (χ3n) is 2.70. The summed E-state index contributed by atoms with van der Waals surface area (Å²) in [5.74, 6) is 0. The van der Waals surface area contributed by atoms with Crippen molar-refractivity contribution in [3.05, 3.63) is 50.4 Å². The SMILES string of the molecule is Cc1cccnc1CC(Cl)c1scc(C)c1Cl. The van der Waals surface area contributed by atoms with Crippen molar-refractivity contribution in [2.24, 2.45) is 0 Å². The van der Waals surface area contributed by atoms with Gasteiger partial charge in [-0.05, 0) is 36.4 Å². The van der Waals surface area contributed by atoms with E-state index in [9.17, 15) is 0 Å². The Kier molecular flexibility index (Phi) is 4.08. The van der Waals surface area contributed by atoms with Gasteiger partial charge in [0.15, 0.2) is 0 Å². The van der Waals surface area contributed by atoms with E-state index in [1.54, 1.807) is 17.5 Å². The first kappa shape index (κ1) is 12.9. The van der Waals surface area contributed by atoms with Crippen LogP contribution in [0.1, 0.15) is 27.1 Å². The van der Waals surface area contributed by atoms with Gasteiger partial charge < -0.3 is 0 Å². The molecule has 0 aliphatic rings. The third-order valence-corrected chi connectivity index (χ3v) is 5.03. The fourth-order valence-electron chi connectivity index (χ4n) is 1.66. The number of thiophene rings is 1. The molecule has 0 amide bonds. The molecule has 0 fully saturated rings. The van der Waals surface area contributed by atoms with E-state index in [0.717, 1.165) is 21.2 Å². The van der Waals surface area contributed by atoms with Crippen molar-refractivity contribution in [1.82, 2.24) is 4.98 Å². The largest absolute Gasteiger partial charge is 0.261 e. The molecule has 0 saturated carbocycles. The summed E-state index contributed by atoms with van der Waals surface area (Å²) in [5.41, 5.74) is 3.30. The van der Waals surface area contributed by atoms with Crippen LogP contribution in [0.5, 0.6) is 0 Å². The van der Waals surface area contributed by atoms with E-state index >= 15 is 0 Å². The van der Waals surface area contributed by atoms with E-state index in [0.29, 0.717) is 6.42 Å². The highest BCUT2D eigenvalue weighted by Gasteiger charge is 2.17. The quantitative estimate of drug-likeness (QED) is 0.728. The number of pyridine rings is 1. The molecule has 0 saturated heterocycles. The molecule has 17 heavy (non-hydrogen) atoms. The lowest BCUT2D eigenvalue weighted by Gasteiger charge is -2.09. The molecule has 4 heteroatoms. The van der Waals surface area contributed by atoms with Gasteiger partial charge in [-0.2, -0.15) is 0 Å². The second-order valence-corrected chi connectivity index (χ2v) is 5.85. The Hall–Kier alpha value is -0.570. The Morgan fingerprint density at radius 1 is 1.35 bits per heavy atom. The van der Waals surface area contributed by atoms with Crippen LogP contribution in [0.15, 0.2) is 23.7 Å². The van der Waals surface area contributed by atoms with Gasteiger partial charge in [0, 0.05) is 23.2 Å². The van der Waals surface area contributed by atoms with E-state index in [4.69, 9.17) is 23.2 Å². The number of hydrogen-bond acceptors (Lipinski definition) is 2. The molecule has 1 atom stereocenters. The highest BCUT2D eigenvalue weighted by Crippen LogP contribution is 2.37. The maximum atomic E-state index is 6.42. The minimum absolute atomic E-state index is 0.102. The van der Waals surface area contributed by atoms with Crippen molar-refractivity contribution in [1.29, 1.82) is 0 Å². The highest BCUT2D eigenvalue weighted by atomic mass is 35.5. The first-order valence-electron chi connectivity index (χ1n) is 5.37. The number of halogens is 2. The summed E-state index contributed by atoms with van der Waals surface area (Å²) in [5, 5.41) is 2.73. The molecule has 2 aromatic heterocycles. The van der Waals surface area contributed by atoms with Crippen LogP contribution in [0.4, 0.5) is 0 Å². The van der Waals surface area contributed by atoms with Crippen molar-refractivity contribution in [3.63, 3.8) is 0 Å². The molecule has 2 rings (SSSR count). The van der Waals surface area contributed by atoms with Crippen LogP contribution in [0, 0.1) is 13.8 Å². The van der Waals surface area contributed by atoms with E-state index < -0.39 is 0 Å². The molecule has 0 N–H and O–H groups in total. The third kappa shape index (κ3) is 2.82. The Bertz CT molecular complexity index is 522. The minimum atomic E-state index is -0.102. The topological polar surface area (TPSA) is 12.9 Å². The zero-order valence-electron chi connectivity index (χ0n) is 9.71. The zero-order chi connectivity index (χ0) is 12.4. The number of aromatic nitrogens is 1. The average Bonchev–Trinajstić information content (AvgIpc) is 2.63. The number of aryl methyl sites for hydroxylation is 2. The van der Waals surface area contributed by atoms with Gasteiger partial charge in [0.1, 0.15) is 0 Å². The molecule has 1 nitrogen and oxygen atoms in total. The molecular weight excluding hydrogens is 273 g/mol. The normalized spacial score (nSPS) is 12.7. The lowest BCUT2D eigenvalue weighted by atomic mass is 10.1. The van der Waals surface area contributed by atoms with E-state index in [1.807, 2.05) is 31.4 Å². The van der Waals surface area contributed by atoms with Crippen LogP contribution in [0.25, 0.3) is 0 Å². The molecule has 0 aromatic carbocycles. The summed E-state index contributed by atoms with van der Waals surface area (Å²) in [6.07, 6.45) is 2.52. The zero-order valence-corrected chi connectivity index (χ0v) is 12.0. The van der Waals surface area contributed by atoms with E-state index in [1.165, 1.54) is 5.56 Å². The Morgan fingerprint density at radius 3 is 2.71 bits per heavy atom. The minimum Gasteiger partial charge on any atom is -0.261 e. The van der Waals surface area contributed by atoms with Crippen LogP contribution >= 0.6 is 34.5 Å². The van der Waals surface area contributed by atoms with Crippen molar-refractivity contribution in [3.8, 4) is 0 Å². The molecule has 0 radical (unpaired) electrons. The van der Waals surface area contributed by atoms with Crippen molar-refractivity contribution < 1.29 is 0 Å². The molecule has 90 valence electrons. The first-order valence-corrected chi connectivity index (χ1v) is 7.07. The number of rotatable bonds is 3. The molecule has 2 aromatic rings. The first-order chi connectivity index (χ1) is 8.09. The molecule has 2 heterocycles. The van der Waals surface area contributed by atoms with Gasteiger partial charge in [-0.3, -0.25) is 4.98 Å². The van der Waals surface area contributed by atoms with Crippen LogP contribution in [-0.4, -0.2) is 4.98 Å². The smallest absolute Gasteiger partial charge is 0.0749 e. The molecule has 1 unspecified atom stereocenters. The lowest BCUT2D eigenvalue weighted by Crippen LogP contribution is -1.99. The van der Waals surface area contributed by atoms with Gasteiger partial charge in [0.2, 0.25) is 0 Å². The molecule has 0 bridgehead atoms. The second kappa shape index (κ2) is 5.38. The van der Waals surface area contributed by atoms with Crippen LogP contribution in [0.3, 0.4) is 0 Å². The standard InChI is InChI=1S/C13H13Cl2NS/c1-8-4-3-5-16-11(8)6-10(14)13-12(15)9(2)7-17-13/h3-5,7,10H,6H2,1-2H3. The monoisotopic (exact) mass is 285 g/mol. The summed E-state index contributed by atoms with van der Waals surface area (Å²) in [6.45, 7) is 4.05. The predicted molar refractivity (Wildman–Crippen MR) is 75.3 cm³/mol.